The first-order valence-electron chi connectivity index (χ1n) is 6.45. The van der Waals surface area contributed by atoms with E-state index in [2.05, 4.69) is 5.32 Å². The molecule has 1 aliphatic rings. The Morgan fingerprint density at radius 2 is 2.19 bits per heavy atom. The van der Waals surface area contributed by atoms with Gasteiger partial charge >= 0.3 is 5.97 Å². The molecule has 1 fully saturated rings. The maximum absolute atomic E-state index is 11.8. The van der Waals surface area contributed by atoms with Crippen LogP contribution in [0.25, 0.3) is 0 Å². The second kappa shape index (κ2) is 6.21. The van der Waals surface area contributed by atoms with Gasteiger partial charge in [0.05, 0.1) is 4.92 Å². The summed E-state index contributed by atoms with van der Waals surface area (Å²) < 4.78 is 5.46. The van der Waals surface area contributed by atoms with Gasteiger partial charge in [-0.3, -0.25) is 14.9 Å². The molecule has 0 aliphatic carbocycles. The first kappa shape index (κ1) is 14.8. The Bertz CT molecular complexity index is 586. The van der Waals surface area contributed by atoms with Gasteiger partial charge in [-0.05, 0) is 25.3 Å². The molecule has 0 saturated carbocycles. The molecule has 1 aromatic rings. The van der Waals surface area contributed by atoms with Crippen molar-refractivity contribution in [3.05, 3.63) is 33.9 Å². The third-order valence-corrected chi connectivity index (χ3v) is 3.16. The Morgan fingerprint density at radius 1 is 1.43 bits per heavy atom. The number of nitrogens with one attached hydrogen (secondary N) is 1. The summed E-state index contributed by atoms with van der Waals surface area (Å²) in [4.78, 5) is 33.0. The minimum atomic E-state index is -1.34. The highest BCUT2D eigenvalue weighted by Gasteiger charge is 2.25. The van der Waals surface area contributed by atoms with Gasteiger partial charge < -0.3 is 15.2 Å². The first-order valence-corrected chi connectivity index (χ1v) is 6.45. The number of carbonyl (C=O) groups is 2. The predicted molar refractivity (Wildman–Crippen MR) is 71.3 cm³/mol. The van der Waals surface area contributed by atoms with Crippen LogP contribution < -0.4 is 10.1 Å². The number of nitro groups is 1. The molecule has 2 N–H and O–H groups in total. The highest BCUT2D eigenvalue weighted by molar-refractivity contribution is 5.92. The minimum absolute atomic E-state index is 0.0462. The number of amides is 1. The van der Waals surface area contributed by atoms with Crippen molar-refractivity contribution in [2.24, 2.45) is 0 Å². The van der Waals surface area contributed by atoms with Crippen LogP contribution in [0.2, 0.25) is 0 Å². The van der Waals surface area contributed by atoms with Crippen molar-refractivity contribution < 1.29 is 24.4 Å². The van der Waals surface area contributed by atoms with E-state index in [-0.39, 0.29) is 22.9 Å². The van der Waals surface area contributed by atoms with Gasteiger partial charge in [-0.15, -0.1) is 0 Å². The van der Waals surface area contributed by atoms with Crippen LogP contribution in [0.15, 0.2) is 18.2 Å². The number of non-ortho nitro benzene ring substituents is 1. The zero-order valence-electron chi connectivity index (χ0n) is 11.1. The molecule has 1 aromatic carbocycles. The van der Waals surface area contributed by atoms with Gasteiger partial charge in [0, 0.05) is 18.7 Å². The van der Waals surface area contributed by atoms with E-state index in [1.54, 1.807) is 0 Å². The van der Waals surface area contributed by atoms with Gasteiger partial charge in [-0.2, -0.15) is 0 Å². The van der Waals surface area contributed by atoms with Crippen molar-refractivity contribution in [1.29, 1.82) is 0 Å². The summed E-state index contributed by atoms with van der Waals surface area (Å²) in [5.74, 6) is -1.69. The summed E-state index contributed by atoms with van der Waals surface area (Å²) in [5, 5.41) is 22.5. The van der Waals surface area contributed by atoms with Crippen LogP contribution in [-0.2, 0) is 4.79 Å². The smallest absolute Gasteiger partial charge is 0.339 e. The van der Waals surface area contributed by atoms with Crippen molar-refractivity contribution in [2.45, 2.75) is 25.4 Å². The average Bonchev–Trinajstić information content (AvgIpc) is 2.64. The Kier molecular flexibility index (Phi) is 4.36. The van der Waals surface area contributed by atoms with Crippen molar-refractivity contribution in [3.63, 3.8) is 0 Å². The lowest BCUT2D eigenvalue weighted by Gasteiger charge is -2.17. The molecule has 2 rings (SSSR count). The van der Waals surface area contributed by atoms with Crippen molar-refractivity contribution in [3.8, 4) is 5.75 Å². The van der Waals surface area contributed by atoms with Crippen LogP contribution in [0.4, 0.5) is 5.69 Å². The molecule has 0 spiro atoms. The fourth-order valence-corrected chi connectivity index (χ4v) is 2.08. The Balaban J connectivity index is 2.28. The van der Waals surface area contributed by atoms with Crippen LogP contribution in [0, 0.1) is 10.1 Å². The van der Waals surface area contributed by atoms with Gasteiger partial charge in [0.1, 0.15) is 11.3 Å². The largest absolute Gasteiger partial charge is 0.480 e. The van der Waals surface area contributed by atoms with Crippen LogP contribution in [0.3, 0.4) is 0 Å². The lowest BCUT2D eigenvalue weighted by atomic mass is 10.1. The van der Waals surface area contributed by atoms with E-state index < -0.39 is 17.0 Å². The lowest BCUT2D eigenvalue weighted by molar-refractivity contribution is -0.384. The molecule has 1 amide bonds. The number of hydrogen-bond acceptors (Lipinski definition) is 5. The van der Waals surface area contributed by atoms with E-state index >= 15 is 0 Å². The predicted octanol–water partition coefficient (Wildman–Crippen LogP) is 1.34. The molecule has 21 heavy (non-hydrogen) atoms. The molecule has 112 valence electrons. The van der Waals surface area contributed by atoms with E-state index in [0.717, 1.165) is 25.0 Å². The molecule has 0 radical (unpaired) electrons. The van der Waals surface area contributed by atoms with Gasteiger partial charge in [-0.1, -0.05) is 0 Å². The molecule has 0 aromatic heterocycles. The molecular weight excluding hydrogens is 280 g/mol. The number of rotatable bonds is 4. The van der Waals surface area contributed by atoms with E-state index in [4.69, 9.17) is 9.84 Å². The molecule has 0 bridgehead atoms. The summed E-state index contributed by atoms with van der Waals surface area (Å²) in [5.41, 5.74) is -0.675. The van der Waals surface area contributed by atoms with Crippen molar-refractivity contribution >= 4 is 17.6 Å². The van der Waals surface area contributed by atoms with Crippen molar-refractivity contribution in [2.75, 3.05) is 6.54 Å². The van der Waals surface area contributed by atoms with Gasteiger partial charge in [0.2, 0.25) is 0 Å². The number of ether oxygens (including phenoxy) is 1. The molecule has 1 unspecified atom stereocenters. The lowest BCUT2D eigenvalue weighted by Crippen LogP contribution is -2.36. The fourth-order valence-electron chi connectivity index (χ4n) is 2.08. The third-order valence-electron chi connectivity index (χ3n) is 3.16. The van der Waals surface area contributed by atoms with E-state index in [1.165, 1.54) is 6.07 Å². The van der Waals surface area contributed by atoms with Crippen LogP contribution in [0.1, 0.15) is 29.6 Å². The summed E-state index contributed by atoms with van der Waals surface area (Å²) in [7, 11) is 0. The monoisotopic (exact) mass is 294 g/mol. The second-order valence-electron chi connectivity index (χ2n) is 4.64. The fraction of sp³-hybridized carbons (Fsp3) is 0.385. The van der Waals surface area contributed by atoms with E-state index in [0.29, 0.717) is 13.0 Å². The Hall–Kier alpha value is -2.64. The molecule has 8 heteroatoms. The SMILES string of the molecule is O=C(O)c1cc([N+](=O)[O-])ccc1OC1CCCCNC1=O. The first-order chi connectivity index (χ1) is 9.99. The molecule has 1 atom stereocenters. The minimum Gasteiger partial charge on any atom is -0.480 e. The van der Waals surface area contributed by atoms with Crippen LogP contribution in [-0.4, -0.2) is 34.6 Å². The zero-order valence-corrected chi connectivity index (χ0v) is 11.1. The van der Waals surface area contributed by atoms with Crippen LogP contribution in [0.5, 0.6) is 5.75 Å². The number of nitrogens with zero attached hydrogens (tertiary/aromatic N) is 1. The topological polar surface area (TPSA) is 119 Å². The normalized spacial score (nSPS) is 18.5. The molecule has 1 heterocycles. The summed E-state index contributed by atoms with van der Waals surface area (Å²) in [6.07, 6.45) is 1.30. The number of aromatic carboxylic acids is 1. The highest BCUT2D eigenvalue weighted by Crippen LogP contribution is 2.26. The number of benzene rings is 1. The maximum atomic E-state index is 11.8. The summed E-state index contributed by atoms with van der Waals surface area (Å²) in [6, 6.07) is 3.28. The Labute approximate surface area is 119 Å². The molecule has 8 nitrogen and oxygen atoms in total. The molecule has 1 aliphatic heterocycles. The number of hydrogen-bond donors (Lipinski definition) is 2. The molecular formula is C13H14N2O6. The van der Waals surface area contributed by atoms with Crippen molar-refractivity contribution in [1.82, 2.24) is 5.32 Å². The quantitative estimate of drug-likeness (QED) is 0.639. The van der Waals surface area contributed by atoms with Crippen LogP contribution >= 0.6 is 0 Å². The third kappa shape index (κ3) is 3.47. The standard InChI is InChI=1S/C13H14N2O6/c16-12-11(3-1-2-6-14-12)21-10-5-4-8(15(19)20)7-9(10)13(17)18/h4-5,7,11H,1-3,6H2,(H,14,16)(H,17,18). The summed E-state index contributed by atoms with van der Waals surface area (Å²) >= 11 is 0. The highest BCUT2D eigenvalue weighted by atomic mass is 16.6. The maximum Gasteiger partial charge on any atom is 0.339 e. The zero-order chi connectivity index (χ0) is 15.4. The molecule has 1 saturated heterocycles. The Morgan fingerprint density at radius 3 is 2.86 bits per heavy atom. The van der Waals surface area contributed by atoms with Gasteiger partial charge in [0.15, 0.2) is 6.10 Å². The number of carboxylic acid groups (broad SMARTS) is 1. The van der Waals surface area contributed by atoms with E-state index in [1.807, 2.05) is 0 Å². The summed E-state index contributed by atoms with van der Waals surface area (Å²) in [6.45, 7) is 0.560. The second-order valence-corrected chi connectivity index (χ2v) is 4.64. The average molecular weight is 294 g/mol. The van der Waals surface area contributed by atoms with E-state index in [9.17, 15) is 19.7 Å². The number of nitro benzene ring substituents is 1. The number of carboxylic acids is 1. The number of carbonyl (C=O) groups excluding carboxylic acids is 1. The van der Waals surface area contributed by atoms with Gasteiger partial charge in [-0.25, -0.2) is 4.79 Å². The van der Waals surface area contributed by atoms with Gasteiger partial charge in [0.25, 0.3) is 11.6 Å².